The molecule has 0 bridgehead atoms. The Morgan fingerprint density at radius 2 is 1.09 bits per heavy atom. The second-order valence-electron chi connectivity index (χ2n) is 11.4. The third-order valence-electron chi connectivity index (χ3n) is 8.77. The number of benzene rings is 6. The lowest BCUT2D eigenvalue weighted by Crippen LogP contribution is -1.87. The molecule has 0 saturated carbocycles. The number of rotatable bonds is 3. The minimum Gasteiger partial charge on any atom is -0.455 e. The van der Waals surface area contributed by atoms with Crippen LogP contribution >= 0.6 is 11.3 Å². The fourth-order valence-corrected chi connectivity index (χ4v) is 7.65. The topological polar surface area (TPSA) is 52.1 Å². The zero-order chi connectivity index (χ0) is 29.5. The van der Waals surface area contributed by atoms with E-state index in [1.54, 1.807) is 11.3 Å². The second kappa shape index (κ2) is 9.36. The summed E-state index contributed by atoms with van der Waals surface area (Å²) in [6.07, 6.45) is 1.89. The Hall–Kier alpha value is -5.78. The van der Waals surface area contributed by atoms with Crippen molar-refractivity contribution < 1.29 is 8.83 Å². The second-order valence-corrected chi connectivity index (χ2v) is 12.4. The van der Waals surface area contributed by atoms with Crippen LogP contribution < -0.4 is 0 Å². The Morgan fingerprint density at radius 1 is 0.489 bits per heavy atom. The van der Waals surface area contributed by atoms with Crippen LogP contribution in [0.25, 0.3) is 97.8 Å². The highest BCUT2D eigenvalue weighted by Gasteiger charge is 2.16. The van der Waals surface area contributed by atoms with Gasteiger partial charge in [-0.15, -0.1) is 11.3 Å². The molecule has 5 heteroatoms. The van der Waals surface area contributed by atoms with E-state index in [0.717, 1.165) is 97.8 Å². The molecule has 0 aliphatic rings. The van der Waals surface area contributed by atoms with Gasteiger partial charge in [-0.25, -0.2) is 4.98 Å². The van der Waals surface area contributed by atoms with Crippen molar-refractivity contribution in [3.8, 4) is 33.5 Å². The Morgan fingerprint density at radius 3 is 1.80 bits per heavy atom. The first-order chi connectivity index (χ1) is 22.3. The first-order valence-corrected chi connectivity index (χ1v) is 15.7. The third-order valence-corrected chi connectivity index (χ3v) is 9.82. The van der Waals surface area contributed by atoms with Crippen LogP contribution in [-0.2, 0) is 0 Å². The number of aromatic nitrogens is 2. The number of hydrogen-bond acceptors (Lipinski definition) is 5. The van der Waals surface area contributed by atoms with Gasteiger partial charge >= 0.3 is 0 Å². The third kappa shape index (κ3) is 3.71. The highest BCUT2D eigenvalue weighted by molar-refractivity contribution is 7.25. The molecule has 210 valence electrons. The quantitative estimate of drug-likeness (QED) is 0.204. The fraction of sp³-hybridized carbons (Fsp3) is 0. The summed E-state index contributed by atoms with van der Waals surface area (Å²) in [6, 6.07) is 44.1. The molecule has 10 aromatic rings. The van der Waals surface area contributed by atoms with Gasteiger partial charge in [0.05, 0.1) is 11.9 Å². The number of fused-ring (bicyclic) bond motifs is 9. The van der Waals surface area contributed by atoms with E-state index in [0.29, 0.717) is 0 Å². The van der Waals surface area contributed by atoms with Crippen LogP contribution in [0.1, 0.15) is 0 Å². The van der Waals surface area contributed by atoms with Crippen molar-refractivity contribution in [2.75, 3.05) is 0 Å². The van der Waals surface area contributed by atoms with Crippen LogP contribution in [0, 0.1) is 0 Å². The van der Waals surface area contributed by atoms with Crippen molar-refractivity contribution in [2.45, 2.75) is 0 Å². The van der Waals surface area contributed by atoms with Crippen LogP contribution in [0.2, 0.25) is 0 Å². The highest BCUT2D eigenvalue weighted by atomic mass is 32.1. The molecule has 45 heavy (non-hydrogen) atoms. The van der Waals surface area contributed by atoms with Crippen molar-refractivity contribution in [1.29, 1.82) is 0 Å². The molecule has 0 radical (unpaired) electrons. The summed E-state index contributed by atoms with van der Waals surface area (Å²) in [5.41, 5.74) is 10.7. The zero-order valence-electron chi connectivity index (χ0n) is 23.8. The molecule has 6 aromatic carbocycles. The first kappa shape index (κ1) is 24.6. The maximum absolute atomic E-state index is 6.33. The van der Waals surface area contributed by atoms with Gasteiger partial charge in [0, 0.05) is 48.3 Å². The summed E-state index contributed by atoms with van der Waals surface area (Å²) in [4.78, 5) is 11.0. The Balaban J connectivity index is 1.07. The average molecular weight is 595 g/mol. The summed E-state index contributed by atoms with van der Waals surface area (Å²) < 4.78 is 13.8. The molecular weight excluding hydrogens is 573 g/mol. The molecule has 4 aromatic heterocycles. The van der Waals surface area contributed by atoms with Crippen LogP contribution in [0.5, 0.6) is 0 Å². The summed E-state index contributed by atoms with van der Waals surface area (Å²) in [5.74, 6) is 0. The van der Waals surface area contributed by atoms with Gasteiger partial charge in [0.15, 0.2) is 0 Å². The fourth-order valence-electron chi connectivity index (χ4n) is 6.64. The number of nitrogens with zero attached hydrogens (tertiary/aromatic N) is 2. The van der Waals surface area contributed by atoms with Crippen molar-refractivity contribution in [3.63, 3.8) is 0 Å². The van der Waals surface area contributed by atoms with Crippen molar-refractivity contribution in [1.82, 2.24) is 9.97 Å². The molecule has 0 atom stereocenters. The van der Waals surface area contributed by atoms with Gasteiger partial charge in [-0.2, -0.15) is 0 Å². The van der Waals surface area contributed by atoms with E-state index in [4.69, 9.17) is 18.8 Å². The Bertz CT molecular complexity index is 2780. The lowest BCUT2D eigenvalue weighted by Gasteiger charge is -2.06. The maximum Gasteiger partial charge on any atom is 0.143 e. The normalized spacial score (nSPS) is 12.0. The summed E-state index contributed by atoms with van der Waals surface area (Å²) in [6.45, 7) is 0. The number of para-hydroxylation sites is 4. The average Bonchev–Trinajstić information content (AvgIpc) is 3.79. The van der Waals surface area contributed by atoms with Crippen molar-refractivity contribution in [3.05, 3.63) is 134 Å². The lowest BCUT2D eigenvalue weighted by atomic mass is 9.99. The largest absolute Gasteiger partial charge is 0.455 e. The zero-order valence-corrected chi connectivity index (χ0v) is 24.6. The van der Waals surface area contributed by atoms with Gasteiger partial charge in [0.2, 0.25) is 0 Å². The Kier molecular flexibility index (Phi) is 5.12. The summed E-state index contributed by atoms with van der Waals surface area (Å²) >= 11 is 1.67. The molecule has 0 fully saturated rings. The molecule has 4 heterocycles. The molecule has 0 amide bonds. The predicted molar refractivity (Wildman–Crippen MR) is 186 cm³/mol. The number of thiophene rings is 1. The Labute approximate surface area is 260 Å². The monoisotopic (exact) mass is 594 g/mol. The van der Waals surface area contributed by atoms with Crippen LogP contribution in [0.15, 0.2) is 142 Å². The van der Waals surface area contributed by atoms with E-state index in [-0.39, 0.29) is 0 Å². The van der Waals surface area contributed by atoms with Crippen molar-refractivity contribution in [2.24, 2.45) is 0 Å². The molecule has 0 spiro atoms. The number of hydrogen-bond donors (Lipinski definition) is 0. The molecular formula is C40H22N2O2S. The van der Waals surface area contributed by atoms with Gasteiger partial charge in [0.1, 0.15) is 32.7 Å². The predicted octanol–water partition coefficient (Wildman–Crippen LogP) is 11.6. The summed E-state index contributed by atoms with van der Waals surface area (Å²) in [7, 11) is 0. The summed E-state index contributed by atoms with van der Waals surface area (Å²) in [5, 5.41) is 5.61. The lowest BCUT2D eigenvalue weighted by molar-refractivity contribution is 0.669. The standard InChI is InChI=1S/C40H22N2O2S/c1-3-16-34-28(10-1)30-14-6-12-26(38(30)43-34)23-8-5-9-25(20-23)33-22-41-37-32-21-24(18-19-36(32)45-40(37)42-33)27-13-7-15-31-29-11-2-4-17-35(29)44-39(27)31/h1-22H. The minimum atomic E-state index is 0.847. The molecule has 4 nitrogen and oxygen atoms in total. The SMILES string of the molecule is c1cc(-c2cnc3c(n2)sc2ccc(-c4cccc5c4oc4ccccc45)cc23)cc(-c2cccc3c2oc2ccccc23)c1. The molecule has 0 aliphatic heterocycles. The molecule has 0 aliphatic carbocycles. The number of furan rings is 2. The van der Waals surface area contributed by atoms with Gasteiger partial charge in [0.25, 0.3) is 0 Å². The van der Waals surface area contributed by atoms with Gasteiger partial charge < -0.3 is 8.83 Å². The van der Waals surface area contributed by atoms with E-state index in [2.05, 4.69) is 103 Å². The molecule has 0 N–H and O–H groups in total. The van der Waals surface area contributed by atoms with Crippen LogP contribution in [0.3, 0.4) is 0 Å². The van der Waals surface area contributed by atoms with Crippen LogP contribution in [-0.4, -0.2) is 9.97 Å². The minimum absolute atomic E-state index is 0.847. The molecule has 10 rings (SSSR count). The van der Waals surface area contributed by atoms with Crippen LogP contribution in [0.4, 0.5) is 0 Å². The van der Waals surface area contributed by atoms with Gasteiger partial charge in [-0.05, 0) is 41.5 Å². The van der Waals surface area contributed by atoms with E-state index in [1.807, 2.05) is 30.5 Å². The van der Waals surface area contributed by atoms with Gasteiger partial charge in [-0.1, -0.05) is 97.1 Å². The van der Waals surface area contributed by atoms with E-state index in [1.165, 1.54) is 0 Å². The van der Waals surface area contributed by atoms with Gasteiger partial charge in [-0.3, -0.25) is 4.98 Å². The van der Waals surface area contributed by atoms with E-state index < -0.39 is 0 Å². The highest BCUT2D eigenvalue weighted by Crippen LogP contribution is 2.40. The molecule has 0 unspecified atom stereocenters. The maximum atomic E-state index is 6.33. The van der Waals surface area contributed by atoms with Crippen molar-refractivity contribution >= 4 is 75.6 Å². The van der Waals surface area contributed by atoms with E-state index >= 15 is 0 Å². The molecule has 0 saturated heterocycles. The van der Waals surface area contributed by atoms with E-state index in [9.17, 15) is 0 Å². The smallest absolute Gasteiger partial charge is 0.143 e. The first-order valence-electron chi connectivity index (χ1n) is 14.9.